The van der Waals surface area contributed by atoms with Crippen LogP contribution in [0.15, 0.2) is 5.10 Å². The van der Waals surface area contributed by atoms with E-state index in [1.807, 2.05) is 5.43 Å². The lowest BCUT2D eigenvalue weighted by molar-refractivity contribution is -0.485. The van der Waals surface area contributed by atoms with Crippen molar-refractivity contribution in [1.29, 1.82) is 0 Å². The third kappa shape index (κ3) is 4.74. The molecule has 0 rings (SSSR count). The molecule has 0 saturated carbocycles. The zero-order valence-corrected chi connectivity index (χ0v) is 4.94. The van der Waals surface area contributed by atoms with Gasteiger partial charge in [-0.15, -0.1) is 0 Å². The molecular weight excluding hydrogens is 142 g/mol. The lowest BCUT2D eigenvalue weighted by Gasteiger charge is -1.98. The van der Waals surface area contributed by atoms with E-state index in [4.69, 9.17) is 10.8 Å². The molecule has 8 nitrogen and oxygen atoms in total. The summed E-state index contributed by atoms with van der Waals surface area (Å²) >= 11 is 0. The van der Waals surface area contributed by atoms with E-state index in [9.17, 15) is 10.1 Å². The summed E-state index contributed by atoms with van der Waals surface area (Å²) in [6, 6.07) is 0. The molecule has 0 radical (unpaired) electrons. The second-order valence-electron chi connectivity index (χ2n) is 1.18. The van der Waals surface area contributed by atoms with Crippen LogP contribution in [0.25, 0.3) is 0 Å². The minimum Gasteiger partial charge on any atom is -0.380 e. The normalized spacial score (nSPS) is 11.1. The number of nitrogens with one attached hydrogen (secondary N) is 2. The molecule has 0 aromatic heterocycles. The van der Waals surface area contributed by atoms with Gasteiger partial charge in [0.15, 0.2) is 5.03 Å². The first-order valence-electron chi connectivity index (χ1n) is 2.25. The van der Waals surface area contributed by atoms with Crippen molar-refractivity contribution >= 4 is 5.96 Å². The summed E-state index contributed by atoms with van der Waals surface area (Å²) in [5, 5.41) is 19.4. The number of nitro groups is 1. The van der Waals surface area contributed by atoms with E-state index >= 15 is 0 Å². The molecule has 0 aliphatic rings. The molecule has 0 amide bonds. The van der Waals surface area contributed by atoms with Crippen molar-refractivity contribution in [3.05, 3.63) is 10.1 Å². The second-order valence-corrected chi connectivity index (χ2v) is 1.18. The third-order valence-corrected chi connectivity index (χ3v) is 0.485. The average molecular weight is 149 g/mol. The number of aliphatic hydroxyl groups is 1. The Labute approximate surface area is 55.8 Å². The topological polar surface area (TPSA) is 126 Å². The molecule has 0 aliphatic heterocycles. The first-order chi connectivity index (χ1) is 4.66. The quantitative estimate of drug-likeness (QED) is 0.116. The summed E-state index contributed by atoms with van der Waals surface area (Å²) in [4.78, 5) is 9.58. The fraction of sp³-hybridized carbons (Fsp3) is 0.500. The van der Waals surface area contributed by atoms with Crippen molar-refractivity contribution in [2.75, 3.05) is 6.73 Å². The Morgan fingerprint density at radius 2 is 2.50 bits per heavy atom. The number of guanidine groups is 1. The van der Waals surface area contributed by atoms with E-state index < -0.39 is 17.7 Å². The van der Waals surface area contributed by atoms with Gasteiger partial charge in [-0.3, -0.25) is 5.43 Å². The fourth-order valence-corrected chi connectivity index (χ4v) is 0.243. The van der Waals surface area contributed by atoms with Crippen LogP contribution in [-0.4, -0.2) is 22.8 Å². The molecular formula is C2H7N5O3. The van der Waals surface area contributed by atoms with E-state index in [1.165, 1.54) is 0 Å². The maximum atomic E-state index is 9.58. The number of hydrogen-bond donors (Lipinski definition) is 4. The number of nitrogens with two attached hydrogens (primary N) is 1. The van der Waals surface area contributed by atoms with Gasteiger partial charge in [0.05, 0.1) is 0 Å². The van der Waals surface area contributed by atoms with Crippen LogP contribution in [0.5, 0.6) is 0 Å². The summed E-state index contributed by atoms with van der Waals surface area (Å²) in [6.45, 7) is -0.395. The first kappa shape index (κ1) is 8.59. The number of nitrogens with zero attached hydrogens (tertiary/aromatic N) is 2. The van der Waals surface area contributed by atoms with Crippen molar-refractivity contribution in [3.8, 4) is 0 Å². The molecule has 0 aromatic carbocycles. The molecule has 0 heterocycles. The van der Waals surface area contributed by atoms with Crippen molar-refractivity contribution in [1.82, 2.24) is 10.9 Å². The van der Waals surface area contributed by atoms with Crippen LogP contribution in [0.3, 0.4) is 0 Å². The summed E-state index contributed by atoms with van der Waals surface area (Å²) in [7, 11) is 0. The highest BCUT2D eigenvalue weighted by molar-refractivity contribution is 5.76. The van der Waals surface area contributed by atoms with Gasteiger partial charge in [0.25, 0.3) is 5.96 Å². The second kappa shape index (κ2) is 4.47. The third-order valence-electron chi connectivity index (χ3n) is 0.485. The van der Waals surface area contributed by atoms with Crippen LogP contribution in [0.4, 0.5) is 0 Å². The first-order valence-corrected chi connectivity index (χ1v) is 2.25. The van der Waals surface area contributed by atoms with Gasteiger partial charge in [-0.1, -0.05) is 0 Å². The molecule has 0 atom stereocenters. The number of rotatable bonds is 3. The van der Waals surface area contributed by atoms with Crippen LogP contribution < -0.4 is 16.6 Å². The standard InChI is InChI=1S/C2H7N5O3/c3-2(5-4-1-8)6-7(9)10/h4,8H,1H2,(H3,3,5,6). The molecule has 8 heteroatoms. The van der Waals surface area contributed by atoms with Gasteiger partial charge in [-0.25, -0.2) is 15.5 Å². The predicted molar refractivity (Wildman–Crippen MR) is 32.0 cm³/mol. The van der Waals surface area contributed by atoms with Crippen molar-refractivity contribution < 1.29 is 10.1 Å². The zero-order chi connectivity index (χ0) is 7.98. The Bertz CT molecular complexity index is 144. The van der Waals surface area contributed by atoms with Gasteiger partial charge in [0.2, 0.25) is 0 Å². The Hall–Kier alpha value is -1.41. The minimum absolute atomic E-state index is 0.395. The molecule has 0 spiro atoms. The Balaban J connectivity index is 3.60. The monoisotopic (exact) mass is 149 g/mol. The highest BCUT2D eigenvalue weighted by atomic mass is 16.7. The van der Waals surface area contributed by atoms with E-state index in [1.54, 1.807) is 0 Å². The lowest BCUT2D eigenvalue weighted by Crippen LogP contribution is -2.43. The molecule has 5 N–H and O–H groups in total. The predicted octanol–water partition coefficient (Wildman–Crippen LogP) is -2.46. The van der Waals surface area contributed by atoms with Gasteiger partial charge in [0.1, 0.15) is 11.8 Å². The van der Waals surface area contributed by atoms with E-state index in [-0.39, 0.29) is 0 Å². The largest absolute Gasteiger partial charge is 0.380 e. The highest BCUT2D eigenvalue weighted by Gasteiger charge is 1.94. The van der Waals surface area contributed by atoms with Crippen LogP contribution in [0, 0.1) is 10.1 Å². The molecule has 0 bridgehead atoms. The van der Waals surface area contributed by atoms with Gasteiger partial charge in [-0.05, 0) is 0 Å². The van der Waals surface area contributed by atoms with Gasteiger partial charge < -0.3 is 10.8 Å². The van der Waals surface area contributed by atoms with Crippen molar-refractivity contribution in [2.45, 2.75) is 0 Å². The molecule has 0 fully saturated rings. The lowest BCUT2D eigenvalue weighted by atomic mass is 11.1. The van der Waals surface area contributed by atoms with Crippen LogP contribution >= 0.6 is 0 Å². The molecule has 0 aromatic rings. The number of aliphatic hydroxyl groups excluding tert-OH is 1. The zero-order valence-electron chi connectivity index (χ0n) is 4.94. The van der Waals surface area contributed by atoms with Gasteiger partial charge in [0, 0.05) is 0 Å². The van der Waals surface area contributed by atoms with Crippen LogP contribution in [0.2, 0.25) is 0 Å². The fourth-order valence-electron chi connectivity index (χ4n) is 0.243. The maximum absolute atomic E-state index is 9.58. The van der Waals surface area contributed by atoms with Crippen molar-refractivity contribution in [3.63, 3.8) is 0 Å². The number of hydrazine groups is 1. The summed E-state index contributed by atoms with van der Waals surface area (Å²) in [5.41, 5.74) is 9.03. The van der Waals surface area contributed by atoms with E-state index in [2.05, 4.69) is 10.5 Å². The minimum atomic E-state index is -0.957. The number of hydrazone groups is 1. The van der Waals surface area contributed by atoms with Crippen LogP contribution in [0.1, 0.15) is 0 Å². The summed E-state index contributed by atoms with van der Waals surface area (Å²) in [6.07, 6.45) is 0. The van der Waals surface area contributed by atoms with Gasteiger partial charge >= 0.3 is 0 Å². The molecule has 0 saturated heterocycles. The SMILES string of the molecule is N/C(=N/[N+](=O)[O-])NNCO. The average Bonchev–Trinajstić information content (AvgIpc) is 1.82. The summed E-state index contributed by atoms with van der Waals surface area (Å²) in [5.74, 6) is -0.418. The van der Waals surface area contributed by atoms with Gasteiger partial charge in [-0.2, -0.15) is 0 Å². The Morgan fingerprint density at radius 1 is 1.90 bits per heavy atom. The maximum Gasteiger partial charge on any atom is 0.280 e. The molecule has 10 heavy (non-hydrogen) atoms. The highest BCUT2D eigenvalue weighted by Crippen LogP contribution is 1.65. The molecule has 58 valence electrons. The Kier molecular flexibility index (Phi) is 3.84. The van der Waals surface area contributed by atoms with E-state index in [0.717, 1.165) is 0 Å². The van der Waals surface area contributed by atoms with E-state index in [0.29, 0.717) is 0 Å². The Morgan fingerprint density at radius 3 is 2.90 bits per heavy atom. The smallest absolute Gasteiger partial charge is 0.280 e. The number of hydrogen-bond acceptors (Lipinski definition) is 4. The molecule has 0 aliphatic carbocycles. The van der Waals surface area contributed by atoms with Crippen molar-refractivity contribution in [2.24, 2.45) is 10.8 Å². The summed E-state index contributed by atoms with van der Waals surface area (Å²) < 4.78 is 0. The molecule has 0 unspecified atom stereocenters. The van der Waals surface area contributed by atoms with Crippen LogP contribution in [-0.2, 0) is 0 Å².